The topological polar surface area (TPSA) is 40.2 Å². The fourth-order valence-electron chi connectivity index (χ4n) is 1.14. The number of hydrogen-bond acceptors (Lipinski definition) is 4. The van der Waals surface area contributed by atoms with Gasteiger partial charge in [-0.15, -0.1) is 0 Å². The maximum absolute atomic E-state index is 5.51. The van der Waals surface area contributed by atoms with E-state index in [1.54, 1.807) is 0 Å². The van der Waals surface area contributed by atoms with Crippen molar-refractivity contribution in [2.24, 2.45) is 0 Å². The molecule has 1 heterocycles. The molecule has 0 bridgehead atoms. The Morgan fingerprint density at radius 1 is 1.33 bits per heavy atom. The Morgan fingerprint density at radius 3 is 2.73 bits per heavy atom. The first kappa shape index (κ1) is 12.9. The van der Waals surface area contributed by atoms with Crippen molar-refractivity contribution in [2.75, 3.05) is 33.0 Å². The first-order chi connectivity index (χ1) is 7.36. The summed E-state index contributed by atoms with van der Waals surface area (Å²) in [6.07, 6.45) is 2.28. The average molecular weight is 218 g/mol. The highest BCUT2D eigenvalue weighted by atomic mass is 16.7. The molecule has 1 rings (SSSR count). The van der Waals surface area contributed by atoms with Gasteiger partial charge >= 0.3 is 0 Å². The predicted octanol–water partition coefficient (Wildman–Crippen LogP) is 1.58. The van der Waals surface area contributed by atoms with Crippen LogP contribution in [0, 0.1) is 0 Å². The predicted molar refractivity (Wildman–Crippen MR) is 56.8 cm³/mol. The lowest BCUT2D eigenvalue weighted by molar-refractivity contribution is -0.171. The first-order valence-corrected chi connectivity index (χ1v) is 5.79. The van der Waals surface area contributed by atoms with Gasteiger partial charge in [-0.25, -0.2) is 0 Å². The quantitative estimate of drug-likeness (QED) is 0.317. The standard InChI is InChI=1S/C11H22O4/c1-3-5-6-12-9-11(13-4-2)15-8-10-7-14-10/h10-11H,3-9H2,1-2H3. The first-order valence-electron chi connectivity index (χ1n) is 5.79. The Kier molecular flexibility index (Phi) is 6.92. The van der Waals surface area contributed by atoms with Gasteiger partial charge in [-0.1, -0.05) is 13.3 Å². The van der Waals surface area contributed by atoms with Crippen molar-refractivity contribution in [1.29, 1.82) is 0 Å². The van der Waals surface area contributed by atoms with Gasteiger partial charge in [-0.2, -0.15) is 0 Å². The van der Waals surface area contributed by atoms with Crippen LogP contribution in [0.15, 0.2) is 0 Å². The van der Waals surface area contributed by atoms with Gasteiger partial charge in [-0.05, 0) is 13.3 Å². The van der Waals surface area contributed by atoms with Gasteiger partial charge in [0, 0.05) is 13.2 Å². The highest BCUT2D eigenvalue weighted by Crippen LogP contribution is 2.10. The lowest BCUT2D eigenvalue weighted by Gasteiger charge is -2.17. The summed E-state index contributed by atoms with van der Waals surface area (Å²) in [4.78, 5) is 0. The largest absolute Gasteiger partial charge is 0.376 e. The van der Waals surface area contributed by atoms with Crippen molar-refractivity contribution in [3.8, 4) is 0 Å². The molecule has 0 aromatic rings. The van der Waals surface area contributed by atoms with Crippen molar-refractivity contribution < 1.29 is 18.9 Å². The zero-order chi connectivity index (χ0) is 10.9. The summed E-state index contributed by atoms with van der Waals surface area (Å²) < 4.78 is 21.4. The van der Waals surface area contributed by atoms with Crippen LogP contribution in [0.2, 0.25) is 0 Å². The third kappa shape index (κ3) is 6.84. The number of hydrogen-bond donors (Lipinski definition) is 0. The normalized spacial score (nSPS) is 21.6. The van der Waals surface area contributed by atoms with Gasteiger partial charge in [0.1, 0.15) is 6.10 Å². The molecule has 0 aromatic heterocycles. The van der Waals surface area contributed by atoms with E-state index in [9.17, 15) is 0 Å². The van der Waals surface area contributed by atoms with Crippen molar-refractivity contribution >= 4 is 0 Å². The number of rotatable bonds is 10. The SMILES string of the molecule is CCCCOCC(OCC)OCC1CO1. The van der Waals surface area contributed by atoms with E-state index < -0.39 is 0 Å². The van der Waals surface area contributed by atoms with Crippen LogP contribution < -0.4 is 0 Å². The fourth-order valence-corrected chi connectivity index (χ4v) is 1.14. The summed E-state index contributed by atoms with van der Waals surface area (Å²) in [5, 5.41) is 0. The molecule has 0 aromatic carbocycles. The highest BCUT2D eigenvalue weighted by Gasteiger charge is 2.24. The molecule has 90 valence electrons. The molecule has 1 aliphatic rings. The van der Waals surface area contributed by atoms with Crippen molar-refractivity contribution in [1.82, 2.24) is 0 Å². The van der Waals surface area contributed by atoms with Crippen molar-refractivity contribution in [2.45, 2.75) is 39.1 Å². The maximum Gasteiger partial charge on any atom is 0.180 e. The molecule has 1 aliphatic heterocycles. The molecule has 2 unspecified atom stereocenters. The van der Waals surface area contributed by atoms with E-state index in [2.05, 4.69) is 6.92 Å². The monoisotopic (exact) mass is 218 g/mol. The minimum absolute atomic E-state index is 0.240. The van der Waals surface area contributed by atoms with Crippen LogP contribution in [0.25, 0.3) is 0 Å². The van der Waals surface area contributed by atoms with E-state index in [0.29, 0.717) is 19.8 Å². The van der Waals surface area contributed by atoms with Gasteiger partial charge in [0.15, 0.2) is 6.29 Å². The molecule has 4 heteroatoms. The van der Waals surface area contributed by atoms with Crippen LogP contribution in [0.5, 0.6) is 0 Å². The molecule has 1 fully saturated rings. The minimum Gasteiger partial charge on any atom is -0.376 e. The van der Waals surface area contributed by atoms with Crippen LogP contribution in [0.3, 0.4) is 0 Å². The molecule has 15 heavy (non-hydrogen) atoms. The van der Waals surface area contributed by atoms with Gasteiger partial charge in [0.2, 0.25) is 0 Å². The van der Waals surface area contributed by atoms with Gasteiger partial charge in [-0.3, -0.25) is 0 Å². The van der Waals surface area contributed by atoms with Crippen LogP contribution in [0.4, 0.5) is 0 Å². The van der Waals surface area contributed by atoms with E-state index >= 15 is 0 Å². The van der Waals surface area contributed by atoms with Crippen LogP contribution in [0.1, 0.15) is 26.7 Å². The van der Waals surface area contributed by atoms with Crippen LogP contribution in [-0.2, 0) is 18.9 Å². The molecule has 0 spiro atoms. The molecule has 0 saturated carbocycles. The van der Waals surface area contributed by atoms with Gasteiger partial charge in [0.05, 0.1) is 19.8 Å². The zero-order valence-corrected chi connectivity index (χ0v) is 9.74. The molecule has 2 atom stereocenters. The molecule has 4 nitrogen and oxygen atoms in total. The zero-order valence-electron chi connectivity index (χ0n) is 9.74. The Bertz CT molecular complexity index is 148. The van der Waals surface area contributed by atoms with Crippen molar-refractivity contribution in [3.05, 3.63) is 0 Å². The summed E-state index contributed by atoms with van der Waals surface area (Å²) >= 11 is 0. The summed E-state index contributed by atoms with van der Waals surface area (Å²) in [5.74, 6) is 0. The Balaban J connectivity index is 1.99. The van der Waals surface area contributed by atoms with E-state index in [0.717, 1.165) is 26.1 Å². The van der Waals surface area contributed by atoms with Gasteiger partial charge in [0.25, 0.3) is 0 Å². The highest BCUT2D eigenvalue weighted by molar-refractivity contribution is 4.67. The van der Waals surface area contributed by atoms with E-state index in [4.69, 9.17) is 18.9 Å². The summed E-state index contributed by atoms with van der Waals surface area (Å²) in [7, 11) is 0. The molecule has 1 saturated heterocycles. The maximum atomic E-state index is 5.51. The van der Waals surface area contributed by atoms with E-state index in [1.165, 1.54) is 0 Å². The Morgan fingerprint density at radius 2 is 2.13 bits per heavy atom. The van der Waals surface area contributed by atoms with E-state index in [1.807, 2.05) is 6.92 Å². The number of epoxide rings is 1. The third-order valence-corrected chi connectivity index (χ3v) is 2.12. The summed E-state index contributed by atoms with van der Waals surface area (Å²) in [6, 6.07) is 0. The minimum atomic E-state index is -0.240. The second-order valence-electron chi connectivity index (χ2n) is 3.60. The molecule has 0 N–H and O–H groups in total. The van der Waals surface area contributed by atoms with Crippen molar-refractivity contribution in [3.63, 3.8) is 0 Å². The summed E-state index contributed by atoms with van der Waals surface area (Å²) in [5.41, 5.74) is 0. The summed E-state index contributed by atoms with van der Waals surface area (Å²) in [6.45, 7) is 7.47. The number of unbranched alkanes of at least 4 members (excludes halogenated alkanes) is 1. The lowest BCUT2D eigenvalue weighted by atomic mass is 10.4. The molecule has 0 radical (unpaired) electrons. The van der Waals surface area contributed by atoms with E-state index in [-0.39, 0.29) is 12.4 Å². The smallest absolute Gasteiger partial charge is 0.180 e. The van der Waals surface area contributed by atoms with Crippen LogP contribution in [-0.4, -0.2) is 45.4 Å². The fraction of sp³-hybridized carbons (Fsp3) is 1.00. The lowest BCUT2D eigenvalue weighted by Crippen LogP contribution is -2.25. The second-order valence-corrected chi connectivity index (χ2v) is 3.60. The van der Waals surface area contributed by atoms with Gasteiger partial charge < -0.3 is 18.9 Å². The Labute approximate surface area is 91.8 Å². The second kappa shape index (κ2) is 8.05. The third-order valence-electron chi connectivity index (χ3n) is 2.12. The molecule has 0 amide bonds. The number of ether oxygens (including phenoxy) is 4. The molecular formula is C11H22O4. The molecular weight excluding hydrogens is 196 g/mol. The Hall–Kier alpha value is -0.160. The van der Waals surface area contributed by atoms with Crippen LogP contribution >= 0.6 is 0 Å². The molecule has 0 aliphatic carbocycles. The average Bonchev–Trinajstić information content (AvgIpc) is 3.04.